The Hall–Kier alpha value is -4.58. The summed E-state index contributed by atoms with van der Waals surface area (Å²) in [5.74, 6) is -1.67. The Morgan fingerprint density at radius 2 is 0.737 bits per heavy atom. The first-order chi connectivity index (χ1) is 18.2. The van der Waals surface area contributed by atoms with Crippen molar-refractivity contribution in [1.82, 2.24) is 0 Å². The Bertz CT molecular complexity index is 1520. The molecule has 0 fully saturated rings. The highest BCUT2D eigenvalue weighted by molar-refractivity contribution is 6.42. The van der Waals surface area contributed by atoms with E-state index in [4.69, 9.17) is 0 Å². The first-order valence-corrected chi connectivity index (χ1v) is 12.8. The third kappa shape index (κ3) is 3.19. The van der Waals surface area contributed by atoms with Gasteiger partial charge in [0.2, 0.25) is 0 Å². The van der Waals surface area contributed by atoms with Crippen LogP contribution >= 0.6 is 0 Å². The second kappa shape index (κ2) is 8.48. The maximum atomic E-state index is 13.8. The molecule has 0 aromatic heterocycles. The van der Waals surface area contributed by atoms with Crippen LogP contribution in [0.5, 0.6) is 0 Å². The zero-order valence-corrected chi connectivity index (χ0v) is 21.6. The lowest BCUT2D eigenvalue weighted by Crippen LogP contribution is -2.44. The van der Waals surface area contributed by atoms with E-state index in [1.54, 1.807) is 48.5 Å². The topological polar surface area (TPSA) is 74.8 Å². The van der Waals surface area contributed by atoms with Gasteiger partial charge < -0.3 is 0 Å². The summed E-state index contributed by atoms with van der Waals surface area (Å²) in [5.41, 5.74) is 4.05. The number of anilines is 2. The van der Waals surface area contributed by atoms with Crippen LogP contribution in [0.4, 0.5) is 11.4 Å². The zero-order chi connectivity index (χ0) is 26.9. The van der Waals surface area contributed by atoms with E-state index < -0.39 is 23.6 Å². The Kier molecular flexibility index (Phi) is 5.31. The van der Waals surface area contributed by atoms with E-state index in [9.17, 15) is 19.2 Å². The van der Waals surface area contributed by atoms with Gasteiger partial charge in [0.05, 0.1) is 11.4 Å². The second-order valence-electron chi connectivity index (χ2n) is 10.4. The van der Waals surface area contributed by atoms with Gasteiger partial charge in [0.25, 0.3) is 23.6 Å². The molecule has 2 heterocycles. The largest absolute Gasteiger partial charge is 0.268 e. The van der Waals surface area contributed by atoms with E-state index >= 15 is 0 Å². The molecule has 4 aromatic rings. The number of carbonyl (C=O) groups is 4. The molecule has 2 aliphatic rings. The zero-order valence-electron chi connectivity index (χ0n) is 21.6. The number of hydrogen-bond donors (Lipinski definition) is 0. The Morgan fingerprint density at radius 3 is 1.03 bits per heavy atom. The predicted molar refractivity (Wildman–Crippen MR) is 147 cm³/mol. The van der Waals surface area contributed by atoms with E-state index in [1.165, 1.54) is 9.80 Å². The van der Waals surface area contributed by atoms with Crippen molar-refractivity contribution in [2.75, 3.05) is 9.80 Å². The van der Waals surface area contributed by atoms with Gasteiger partial charge in [-0.2, -0.15) is 0 Å². The Morgan fingerprint density at radius 1 is 0.447 bits per heavy atom. The number of carbonyl (C=O) groups excluding carboxylic acids is 4. The minimum atomic E-state index is -0.466. The molecule has 0 radical (unpaired) electrons. The summed E-state index contributed by atoms with van der Waals surface area (Å²) >= 11 is 0. The molecule has 0 aliphatic carbocycles. The summed E-state index contributed by atoms with van der Waals surface area (Å²) in [4.78, 5) is 57.7. The van der Waals surface area contributed by atoms with Crippen LogP contribution in [-0.2, 0) is 0 Å². The molecular formula is C32H26N2O4. The highest BCUT2D eigenvalue weighted by Gasteiger charge is 2.41. The summed E-state index contributed by atoms with van der Waals surface area (Å²) in [5, 5.41) is 0.735. The van der Waals surface area contributed by atoms with Crippen molar-refractivity contribution in [2.45, 2.75) is 39.5 Å². The van der Waals surface area contributed by atoms with Gasteiger partial charge in [0.15, 0.2) is 0 Å². The van der Waals surface area contributed by atoms with Crippen molar-refractivity contribution in [3.05, 3.63) is 106 Å². The lowest BCUT2D eigenvalue weighted by molar-refractivity contribution is 0.0872. The monoisotopic (exact) mass is 502 g/mol. The second-order valence-corrected chi connectivity index (χ2v) is 10.4. The smallest absolute Gasteiger partial charge is 0.265 e. The quantitative estimate of drug-likeness (QED) is 0.292. The molecule has 6 rings (SSSR count). The molecule has 4 amide bonds. The van der Waals surface area contributed by atoms with Gasteiger partial charge in [0.1, 0.15) is 0 Å². The van der Waals surface area contributed by atoms with Crippen molar-refractivity contribution in [3.8, 4) is 0 Å². The van der Waals surface area contributed by atoms with Crippen molar-refractivity contribution >= 4 is 45.8 Å². The molecule has 2 aliphatic heterocycles. The Balaban J connectivity index is 1.55. The highest BCUT2D eigenvalue weighted by atomic mass is 16.2. The number of benzene rings is 4. The number of nitrogens with zero attached hydrogens (tertiary/aromatic N) is 2. The van der Waals surface area contributed by atoms with Gasteiger partial charge in [0, 0.05) is 33.0 Å². The summed E-state index contributed by atoms with van der Waals surface area (Å²) in [7, 11) is 0. The maximum Gasteiger partial charge on any atom is 0.265 e. The fourth-order valence-corrected chi connectivity index (χ4v) is 5.67. The fraction of sp³-hybridized carbons (Fsp3) is 0.188. The minimum absolute atomic E-state index is 0.0958. The molecule has 6 heteroatoms. The van der Waals surface area contributed by atoms with Crippen LogP contribution in [0.2, 0.25) is 0 Å². The number of hydrogen-bond acceptors (Lipinski definition) is 4. The third-order valence-corrected chi connectivity index (χ3v) is 7.49. The number of para-hydroxylation sites is 2. The summed E-state index contributed by atoms with van der Waals surface area (Å²) in [6.07, 6.45) is 0. The van der Waals surface area contributed by atoms with Crippen molar-refractivity contribution < 1.29 is 19.2 Å². The summed E-state index contributed by atoms with van der Waals surface area (Å²) < 4.78 is 0. The summed E-state index contributed by atoms with van der Waals surface area (Å²) in [6, 6.07) is 21.2. The summed E-state index contributed by atoms with van der Waals surface area (Å²) in [6.45, 7) is 8.05. The van der Waals surface area contributed by atoms with E-state index in [1.807, 2.05) is 52.0 Å². The molecule has 0 atom stereocenters. The minimum Gasteiger partial charge on any atom is -0.268 e. The molecule has 188 valence electrons. The van der Waals surface area contributed by atoms with Gasteiger partial charge in [-0.3, -0.25) is 19.2 Å². The van der Waals surface area contributed by atoms with Crippen LogP contribution < -0.4 is 9.80 Å². The van der Waals surface area contributed by atoms with Crippen LogP contribution in [0, 0.1) is 0 Å². The SMILES string of the molecule is CC(C)c1ccccc1N1C(=O)c2ccc3c4c(ccc(c24)C1=O)C(=O)N(c1ccccc1C(C)C)C3=O. The van der Waals surface area contributed by atoms with Crippen molar-refractivity contribution in [2.24, 2.45) is 0 Å². The highest BCUT2D eigenvalue weighted by Crippen LogP contribution is 2.42. The molecule has 0 N–H and O–H groups in total. The predicted octanol–water partition coefficient (Wildman–Crippen LogP) is 6.69. The average molecular weight is 503 g/mol. The lowest BCUT2D eigenvalue weighted by Gasteiger charge is -2.33. The van der Waals surface area contributed by atoms with Gasteiger partial charge >= 0.3 is 0 Å². The number of imide groups is 2. The average Bonchev–Trinajstić information content (AvgIpc) is 2.91. The lowest BCUT2D eigenvalue weighted by atomic mass is 9.85. The normalized spacial score (nSPS) is 14.9. The molecule has 0 saturated heterocycles. The maximum absolute atomic E-state index is 13.8. The molecule has 4 aromatic carbocycles. The first kappa shape index (κ1) is 23.8. The molecule has 0 bridgehead atoms. The molecular weight excluding hydrogens is 476 g/mol. The van der Waals surface area contributed by atoms with E-state index in [0.29, 0.717) is 44.4 Å². The third-order valence-electron chi connectivity index (χ3n) is 7.49. The van der Waals surface area contributed by atoms with Crippen LogP contribution in [0.3, 0.4) is 0 Å². The van der Waals surface area contributed by atoms with Crippen molar-refractivity contribution in [3.63, 3.8) is 0 Å². The van der Waals surface area contributed by atoms with E-state index in [2.05, 4.69) is 0 Å². The van der Waals surface area contributed by atoms with E-state index in [-0.39, 0.29) is 11.8 Å². The molecule has 0 saturated carbocycles. The standard InChI is InChI=1S/C32H26N2O4/c1-17(2)19-9-5-7-11-25(19)33-29(35)21-13-15-23-28-24(16-14-22(27(21)28)30(33)36)32(38)34(31(23)37)26-12-8-6-10-20(26)18(3)4/h5-18H,1-4H3. The van der Waals surface area contributed by atoms with Crippen LogP contribution in [0.25, 0.3) is 10.8 Å². The van der Waals surface area contributed by atoms with Crippen LogP contribution in [0.15, 0.2) is 72.8 Å². The first-order valence-electron chi connectivity index (χ1n) is 12.8. The van der Waals surface area contributed by atoms with Gasteiger partial charge in [-0.15, -0.1) is 0 Å². The number of rotatable bonds is 4. The molecule has 38 heavy (non-hydrogen) atoms. The van der Waals surface area contributed by atoms with Crippen LogP contribution in [0.1, 0.15) is 92.1 Å². The number of amides is 4. The fourth-order valence-electron chi connectivity index (χ4n) is 5.67. The van der Waals surface area contributed by atoms with Gasteiger partial charge in [-0.1, -0.05) is 64.1 Å². The van der Waals surface area contributed by atoms with Crippen LogP contribution in [-0.4, -0.2) is 23.6 Å². The van der Waals surface area contributed by atoms with Crippen molar-refractivity contribution in [1.29, 1.82) is 0 Å². The van der Waals surface area contributed by atoms with Gasteiger partial charge in [-0.25, -0.2) is 9.80 Å². The molecule has 0 spiro atoms. The van der Waals surface area contributed by atoms with E-state index in [0.717, 1.165) is 11.1 Å². The molecule has 6 nitrogen and oxygen atoms in total. The van der Waals surface area contributed by atoms with Gasteiger partial charge in [-0.05, 0) is 59.4 Å². The molecule has 0 unspecified atom stereocenters. The Labute approximate surface area is 220 Å².